The topological polar surface area (TPSA) is 60.9 Å². The van der Waals surface area contributed by atoms with Crippen molar-refractivity contribution in [2.45, 2.75) is 30.7 Å². The molecule has 0 unspecified atom stereocenters. The quantitative estimate of drug-likeness (QED) is 0.490. The molecule has 2 aromatic rings. The second-order valence-corrected chi connectivity index (χ2v) is 8.48. The second kappa shape index (κ2) is 9.56. The highest BCUT2D eigenvalue weighted by Crippen LogP contribution is 2.38. The van der Waals surface area contributed by atoms with Crippen LogP contribution in [0.5, 0.6) is 0 Å². The van der Waals surface area contributed by atoms with Crippen molar-refractivity contribution in [2.24, 2.45) is 0 Å². The average molecular weight is 527 g/mol. The van der Waals surface area contributed by atoms with Crippen LogP contribution in [0.25, 0.3) is 0 Å². The summed E-state index contributed by atoms with van der Waals surface area (Å²) in [4.78, 5) is 26.6. The smallest absolute Gasteiger partial charge is 0.416 e. The van der Waals surface area contributed by atoms with Gasteiger partial charge in [0.1, 0.15) is 5.82 Å². The molecular formula is C22H18ClF7N2O3. The number of nitrogens with zero attached hydrogens (tertiary/aromatic N) is 2. The molecule has 2 amide bonds. The zero-order valence-electron chi connectivity index (χ0n) is 17.9. The molecule has 0 aromatic heterocycles. The Hall–Kier alpha value is -3.02. The third-order valence-electron chi connectivity index (χ3n) is 5.87. The van der Waals surface area contributed by atoms with Gasteiger partial charge in [-0.15, -0.1) is 0 Å². The first kappa shape index (κ1) is 26.6. The van der Waals surface area contributed by atoms with Crippen LogP contribution >= 0.6 is 11.6 Å². The van der Waals surface area contributed by atoms with Crippen LogP contribution in [-0.2, 0) is 12.4 Å². The van der Waals surface area contributed by atoms with Gasteiger partial charge in [0.05, 0.1) is 16.1 Å². The number of halogens is 8. The van der Waals surface area contributed by atoms with Crippen LogP contribution in [0.15, 0.2) is 36.4 Å². The van der Waals surface area contributed by atoms with E-state index in [4.69, 9.17) is 11.6 Å². The summed E-state index contributed by atoms with van der Waals surface area (Å²) in [6.45, 7) is -0.240. The Bertz CT molecular complexity index is 1100. The molecule has 5 nitrogen and oxygen atoms in total. The predicted molar refractivity (Wildman–Crippen MR) is 111 cm³/mol. The van der Waals surface area contributed by atoms with Crippen molar-refractivity contribution in [3.63, 3.8) is 0 Å². The first-order valence-electron chi connectivity index (χ1n) is 10.1. The molecule has 1 N–H and O–H groups in total. The van der Waals surface area contributed by atoms with E-state index < -0.39 is 58.8 Å². The number of hydrogen-bond acceptors (Lipinski definition) is 2. The van der Waals surface area contributed by atoms with Gasteiger partial charge in [0.2, 0.25) is 0 Å². The molecule has 1 aliphatic heterocycles. The van der Waals surface area contributed by atoms with Gasteiger partial charge in [-0.2, -0.15) is 26.3 Å². The molecule has 0 radical (unpaired) electrons. The Morgan fingerprint density at radius 2 is 1.60 bits per heavy atom. The molecule has 1 aliphatic rings. The number of hydrogen-bond donors (Lipinski definition) is 1. The Balaban J connectivity index is 2.02. The van der Waals surface area contributed by atoms with Crippen molar-refractivity contribution in [1.29, 1.82) is 0 Å². The SMILES string of the molecule is CN(C(=O)c1cc(C(F)(F)F)cc(C(F)(F)F)c1)[C@@H]1CCN(C(=O)O)C[C@H]1c1ccc(Cl)c(F)c1. The lowest BCUT2D eigenvalue weighted by atomic mass is 9.84. The van der Waals surface area contributed by atoms with Gasteiger partial charge >= 0.3 is 18.4 Å². The molecule has 0 saturated carbocycles. The molecule has 0 bridgehead atoms. The Labute approximate surface area is 199 Å². The fraction of sp³-hybridized carbons (Fsp3) is 0.364. The van der Waals surface area contributed by atoms with E-state index in [-0.39, 0.29) is 36.2 Å². The molecule has 2 aromatic carbocycles. The van der Waals surface area contributed by atoms with Gasteiger partial charge in [-0.05, 0) is 42.3 Å². The fourth-order valence-electron chi connectivity index (χ4n) is 4.08. The molecule has 13 heteroatoms. The van der Waals surface area contributed by atoms with E-state index in [9.17, 15) is 45.4 Å². The number of likely N-dealkylation sites (tertiary alicyclic amines) is 1. The number of amides is 2. The van der Waals surface area contributed by atoms with Crippen LogP contribution in [-0.4, -0.2) is 53.1 Å². The molecule has 190 valence electrons. The number of benzene rings is 2. The molecule has 1 heterocycles. The van der Waals surface area contributed by atoms with E-state index in [1.54, 1.807) is 0 Å². The van der Waals surface area contributed by atoms with Gasteiger partial charge in [-0.25, -0.2) is 9.18 Å². The maximum absolute atomic E-state index is 14.1. The van der Waals surface area contributed by atoms with Crippen LogP contribution in [0, 0.1) is 5.82 Å². The Kier molecular flexibility index (Phi) is 7.26. The number of rotatable bonds is 3. The summed E-state index contributed by atoms with van der Waals surface area (Å²) < 4.78 is 93.5. The highest BCUT2D eigenvalue weighted by Gasteiger charge is 2.40. The maximum Gasteiger partial charge on any atom is 0.416 e. The normalized spacial score (nSPS) is 18.9. The largest absolute Gasteiger partial charge is 0.465 e. The molecule has 1 fully saturated rings. The number of piperidine rings is 1. The van der Waals surface area contributed by atoms with Crippen LogP contribution in [0.3, 0.4) is 0 Å². The van der Waals surface area contributed by atoms with E-state index in [0.717, 1.165) is 15.9 Å². The second-order valence-electron chi connectivity index (χ2n) is 8.08. The summed E-state index contributed by atoms with van der Waals surface area (Å²) in [5.74, 6) is -2.76. The van der Waals surface area contributed by atoms with Crippen molar-refractivity contribution in [2.75, 3.05) is 20.1 Å². The van der Waals surface area contributed by atoms with E-state index in [0.29, 0.717) is 12.1 Å². The summed E-state index contributed by atoms with van der Waals surface area (Å²) in [5, 5.41) is 9.16. The van der Waals surface area contributed by atoms with Gasteiger partial charge in [0.15, 0.2) is 0 Å². The van der Waals surface area contributed by atoms with Crippen molar-refractivity contribution < 1.29 is 45.4 Å². The molecule has 0 spiro atoms. The van der Waals surface area contributed by atoms with Gasteiger partial charge in [0, 0.05) is 37.7 Å². The lowest BCUT2D eigenvalue weighted by Gasteiger charge is -2.42. The minimum Gasteiger partial charge on any atom is -0.465 e. The first-order valence-corrected chi connectivity index (χ1v) is 10.5. The zero-order valence-corrected chi connectivity index (χ0v) is 18.7. The summed E-state index contributed by atoms with van der Waals surface area (Å²) in [6.07, 6.45) is -11.5. The van der Waals surface area contributed by atoms with Crippen molar-refractivity contribution in [3.8, 4) is 0 Å². The minimum absolute atomic E-state index is 0.00847. The van der Waals surface area contributed by atoms with Gasteiger partial charge < -0.3 is 14.9 Å². The van der Waals surface area contributed by atoms with Crippen LogP contribution in [0.1, 0.15) is 39.4 Å². The Morgan fingerprint density at radius 1 is 1.03 bits per heavy atom. The Morgan fingerprint density at radius 3 is 2.09 bits per heavy atom. The molecule has 0 aliphatic carbocycles. The first-order chi connectivity index (χ1) is 16.1. The third-order valence-corrected chi connectivity index (χ3v) is 6.18. The minimum atomic E-state index is -5.13. The number of alkyl halides is 6. The average Bonchev–Trinajstić information content (AvgIpc) is 2.78. The molecular weight excluding hydrogens is 509 g/mol. The highest BCUT2D eigenvalue weighted by molar-refractivity contribution is 6.30. The lowest BCUT2D eigenvalue weighted by molar-refractivity contribution is -0.143. The van der Waals surface area contributed by atoms with Crippen molar-refractivity contribution >= 4 is 23.6 Å². The summed E-state index contributed by atoms with van der Waals surface area (Å²) >= 11 is 5.70. The number of carbonyl (C=O) groups excluding carboxylic acids is 1. The summed E-state index contributed by atoms with van der Waals surface area (Å²) in [5.41, 5.74) is -3.85. The van der Waals surface area contributed by atoms with E-state index in [2.05, 4.69) is 0 Å². The standard InChI is InChI=1S/C22H18ClF7N2O3/c1-31(19(33)12-6-13(21(25,26)27)9-14(7-12)22(28,29)30)18-4-5-32(20(34)35)10-15(18)11-2-3-16(23)17(24)8-11/h2-3,6-9,15,18H,4-5,10H2,1H3,(H,34,35)/t15-,18+/m0/s1. The molecule has 2 atom stereocenters. The monoisotopic (exact) mass is 526 g/mol. The van der Waals surface area contributed by atoms with Gasteiger partial charge in [-0.1, -0.05) is 17.7 Å². The van der Waals surface area contributed by atoms with E-state index >= 15 is 0 Å². The predicted octanol–water partition coefficient (Wildman–Crippen LogP) is 6.12. The lowest BCUT2D eigenvalue weighted by Crippen LogP contribution is -2.51. The molecule has 3 rings (SSSR count). The van der Waals surface area contributed by atoms with Crippen molar-refractivity contribution in [3.05, 3.63) is 69.5 Å². The zero-order chi connectivity index (χ0) is 26.3. The summed E-state index contributed by atoms with van der Waals surface area (Å²) in [6, 6.07) is 3.42. The van der Waals surface area contributed by atoms with Crippen molar-refractivity contribution in [1.82, 2.24) is 9.80 Å². The van der Waals surface area contributed by atoms with Crippen LogP contribution in [0.4, 0.5) is 35.5 Å². The fourth-order valence-corrected chi connectivity index (χ4v) is 4.20. The molecule has 1 saturated heterocycles. The number of likely N-dealkylation sites (N-methyl/N-ethyl adjacent to an activating group) is 1. The van der Waals surface area contributed by atoms with E-state index in [1.165, 1.54) is 19.2 Å². The maximum atomic E-state index is 14.1. The number of carboxylic acid groups (broad SMARTS) is 1. The van der Waals surface area contributed by atoms with Gasteiger partial charge in [-0.3, -0.25) is 4.79 Å². The molecule has 35 heavy (non-hydrogen) atoms. The van der Waals surface area contributed by atoms with Crippen LogP contribution < -0.4 is 0 Å². The van der Waals surface area contributed by atoms with Gasteiger partial charge in [0.25, 0.3) is 5.91 Å². The van der Waals surface area contributed by atoms with E-state index in [1.807, 2.05) is 0 Å². The number of carbonyl (C=O) groups is 2. The van der Waals surface area contributed by atoms with Crippen LogP contribution in [0.2, 0.25) is 5.02 Å². The summed E-state index contributed by atoms with van der Waals surface area (Å²) in [7, 11) is 1.19. The highest BCUT2D eigenvalue weighted by atomic mass is 35.5. The third kappa shape index (κ3) is 5.80.